The van der Waals surface area contributed by atoms with Crippen LogP contribution in [0.1, 0.15) is 30.0 Å². The molecule has 2 heterocycles. The highest BCUT2D eigenvalue weighted by atomic mass is 35.5. The molecule has 0 spiro atoms. The highest BCUT2D eigenvalue weighted by Crippen LogP contribution is 2.38. The first kappa shape index (κ1) is 18.1. The number of hydrogen-bond donors (Lipinski definition) is 1. The molecule has 2 aromatic carbocycles. The SMILES string of the molecule is Cc1ccc(NC(=O)CN2CCC[C@H]2c2ccc3c(c2)OCCO3)c(Cl)c1. The third kappa shape index (κ3) is 4.04. The summed E-state index contributed by atoms with van der Waals surface area (Å²) in [5, 5.41) is 3.49. The van der Waals surface area contributed by atoms with E-state index in [2.05, 4.69) is 16.3 Å². The van der Waals surface area contributed by atoms with Gasteiger partial charge in [0.2, 0.25) is 5.91 Å². The van der Waals surface area contributed by atoms with Gasteiger partial charge in [-0.05, 0) is 61.7 Å². The molecule has 1 saturated heterocycles. The first-order chi connectivity index (χ1) is 13.1. The van der Waals surface area contributed by atoms with Gasteiger partial charge in [0, 0.05) is 6.04 Å². The van der Waals surface area contributed by atoms with Gasteiger partial charge in [0.05, 0.1) is 17.3 Å². The molecule has 0 aromatic heterocycles. The van der Waals surface area contributed by atoms with E-state index in [9.17, 15) is 4.79 Å². The molecule has 6 heteroatoms. The molecule has 0 bridgehead atoms. The molecule has 0 saturated carbocycles. The van der Waals surface area contributed by atoms with Crippen molar-refractivity contribution >= 4 is 23.2 Å². The second-order valence-electron chi connectivity index (χ2n) is 7.06. The second kappa shape index (κ2) is 7.79. The molecule has 0 unspecified atom stereocenters. The topological polar surface area (TPSA) is 50.8 Å². The zero-order valence-electron chi connectivity index (χ0n) is 15.3. The molecule has 2 aliphatic heterocycles. The molecule has 142 valence electrons. The van der Waals surface area contributed by atoms with Gasteiger partial charge in [-0.1, -0.05) is 23.7 Å². The van der Waals surface area contributed by atoms with Gasteiger partial charge < -0.3 is 14.8 Å². The Morgan fingerprint density at radius 3 is 2.81 bits per heavy atom. The fourth-order valence-electron chi connectivity index (χ4n) is 3.76. The van der Waals surface area contributed by atoms with Gasteiger partial charge >= 0.3 is 0 Å². The van der Waals surface area contributed by atoms with Gasteiger partial charge in [-0.3, -0.25) is 9.69 Å². The third-order valence-corrected chi connectivity index (χ3v) is 5.37. The lowest BCUT2D eigenvalue weighted by molar-refractivity contribution is -0.117. The van der Waals surface area contributed by atoms with Gasteiger partial charge in [0.25, 0.3) is 0 Å². The number of halogens is 1. The number of rotatable bonds is 4. The van der Waals surface area contributed by atoms with Crippen molar-refractivity contribution in [2.45, 2.75) is 25.8 Å². The van der Waals surface area contributed by atoms with Crippen LogP contribution in [0.25, 0.3) is 0 Å². The van der Waals surface area contributed by atoms with Crippen LogP contribution in [0.5, 0.6) is 11.5 Å². The van der Waals surface area contributed by atoms with Crippen molar-refractivity contribution < 1.29 is 14.3 Å². The van der Waals surface area contributed by atoms with Crippen molar-refractivity contribution in [3.8, 4) is 11.5 Å². The fourth-order valence-corrected chi connectivity index (χ4v) is 4.04. The Morgan fingerprint density at radius 1 is 1.19 bits per heavy atom. The van der Waals surface area contributed by atoms with Crippen molar-refractivity contribution in [3.63, 3.8) is 0 Å². The maximum Gasteiger partial charge on any atom is 0.238 e. The number of carbonyl (C=O) groups excluding carboxylic acids is 1. The minimum Gasteiger partial charge on any atom is -0.486 e. The number of anilines is 1. The van der Waals surface area contributed by atoms with Crippen LogP contribution in [0.2, 0.25) is 5.02 Å². The second-order valence-corrected chi connectivity index (χ2v) is 7.47. The summed E-state index contributed by atoms with van der Waals surface area (Å²) < 4.78 is 11.3. The molecular formula is C21H23ClN2O3. The van der Waals surface area contributed by atoms with Crippen LogP contribution in [0.15, 0.2) is 36.4 Å². The highest BCUT2D eigenvalue weighted by molar-refractivity contribution is 6.33. The number of carbonyl (C=O) groups is 1. The summed E-state index contributed by atoms with van der Waals surface area (Å²) in [5.74, 6) is 1.54. The smallest absolute Gasteiger partial charge is 0.238 e. The Kier molecular flexibility index (Phi) is 5.23. The predicted octanol–water partition coefficient (Wildman–Crippen LogP) is 4.20. The summed E-state index contributed by atoms with van der Waals surface area (Å²) in [7, 11) is 0. The summed E-state index contributed by atoms with van der Waals surface area (Å²) in [6.45, 7) is 4.37. The molecule has 2 aromatic rings. The van der Waals surface area contributed by atoms with Crippen molar-refractivity contribution in [2.75, 3.05) is 31.6 Å². The molecular weight excluding hydrogens is 364 g/mol. The van der Waals surface area contributed by atoms with E-state index >= 15 is 0 Å². The Bertz CT molecular complexity index is 855. The molecule has 4 rings (SSSR count). The summed E-state index contributed by atoms with van der Waals surface area (Å²) in [4.78, 5) is 14.8. The van der Waals surface area contributed by atoms with Crippen LogP contribution < -0.4 is 14.8 Å². The van der Waals surface area contributed by atoms with Crippen molar-refractivity contribution in [1.29, 1.82) is 0 Å². The number of fused-ring (bicyclic) bond motifs is 1. The molecule has 1 amide bonds. The molecule has 2 aliphatic rings. The standard InChI is InChI=1S/C21H23ClN2O3/c1-14-4-6-17(16(22)11-14)23-21(25)13-24-8-2-3-18(24)15-5-7-19-20(12-15)27-10-9-26-19/h4-7,11-12,18H,2-3,8-10,13H2,1H3,(H,23,25)/t18-/m0/s1. The van der Waals surface area contributed by atoms with Gasteiger partial charge in [-0.15, -0.1) is 0 Å². The number of aryl methyl sites for hydroxylation is 1. The van der Waals surface area contributed by atoms with Gasteiger partial charge in [-0.25, -0.2) is 0 Å². The number of likely N-dealkylation sites (tertiary alicyclic amines) is 1. The zero-order valence-corrected chi connectivity index (χ0v) is 16.1. The number of benzene rings is 2. The van der Waals surface area contributed by atoms with Crippen LogP contribution in [-0.4, -0.2) is 37.1 Å². The van der Waals surface area contributed by atoms with E-state index in [1.54, 1.807) is 0 Å². The van der Waals surface area contributed by atoms with E-state index in [1.165, 1.54) is 0 Å². The molecule has 1 atom stereocenters. The Morgan fingerprint density at radius 2 is 2.00 bits per heavy atom. The Hall–Kier alpha value is -2.24. The van der Waals surface area contributed by atoms with E-state index in [1.807, 2.05) is 37.3 Å². The molecule has 27 heavy (non-hydrogen) atoms. The fraction of sp³-hybridized carbons (Fsp3) is 0.381. The third-order valence-electron chi connectivity index (χ3n) is 5.06. The van der Waals surface area contributed by atoms with E-state index in [0.717, 1.165) is 42.0 Å². The molecule has 5 nitrogen and oxygen atoms in total. The number of ether oxygens (including phenoxy) is 2. The van der Waals surface area contributed by atoms with E-state index in [-0.39, 0.29) is 11.9 Å². The minimum atomic E-state index is -0.0507. The van der Waals surface area contributed by atoms with Crippen LogP contribution >= 0.6 is 11.6 Å². The molecule has 1 N–H and O–H groups in total. The van der Waals surface area contributed by atoms with Crippen molar-refractivity contribution in [3.05, 3.63) is 52.5 Å². The summed E-state index contributed by atoms with van der Waals surface area (Å²) in [5.41, 5.74) is 2.89. The maximum atomic E-state index is 12.6. The van der Waals surface area contributed by atoms with Gasteiger partial charge in [-0.2, -0.15) is 0 Å². The summed E-state index contributed by atoms with van der Waals surface area (Å²) in [6, 6.07) is 11.9. The van der Waals surface area contributed by atoms with Crippen LogP contribution in [0, 0.1) is 6.92 Å². The van der Waals surface area contributed by atoms with Crippen LogP contribution in [-0.2, 0) is 4.79 Å². The van der Waals surface area contributed by atoms with Crippen molar-refractivity contribution in [2.24, 2.45) is 0 Å². The number of amides is 1. The lowest BCUT2D eigenvalue weighted by atomic mass is 10.0. The zero-order chi connectivity index (χ0) is 18.8. The monoisotopic (exact) mass is 386 g/mol. The lowest BCUT2D eigenvalue weighted by Crippen LogP contribution is -2.33. The molecule has 0 aliphatic carbocycles. The predicted molar refractivity (Wildman–Crippen MR) is 106 cm³/mol. The highest BCUT2D eigenvalue weighted by Gasteiger charge is 2.28. The Balaban J connectivity index is 1.44. The summed E-state index contributed by atoms with van der Waals surface area (Å²) >= 11 is 6.23. The number of nitrogens with one attached hydrogen (secondary N) is 1. The number of nitrogens with zero attached hydrogens (tertiary/aromatic N) is 1. The lowest BCUT2D eigenvalue weighted by Gasteiger charge is -2.26. The van der Waals surface area contributed by atoms with Gasteiger partial charge in [0.1, 0.15) is 13.2 Å². The maximum absolute atomic E-state index is 12.6. The van der Waals surface area contributed by atoms with Crippen LogP contribution in [0.4, 0.5) is 5.69 Å². The largest absolute Gasteiger partial charge is 0.486 e. The average molecular weight is 387 g/mol. The van der Waals surface area contributed by atoms with Gasteiger partial charge in [0.15, 0.2) is 11.5 Å². The molecule has 0 radical (unpaired) electrons. The Labute approximate surface area is 164 Å². The normalized spacial score (nSPS) is 19.1. The van der Waals surface area contributed by atoms with E-state index < -0.39 is 0 Å². The minimum absolute atomic E-state index is 0.0507. The quantitative estimate of drug-likeness (QED) is 0.855. The van der Waals surface area contributed by atoms with E-state index in [4.69, 9.17) is 21.1 Å². The van der Waals surface area contributed by atoms with E-state index in [0.29, 0.717) is 30.5 Å². The van der Waals surface area contributed by atoms with Crippen LogP contribution in [0.3, 0.4) is 0 Å². The first-order valence-corrected chi connectivity index (χ1v) is 9.67. The summed E-state index contributed by atoms with van der Waals surface area (Å²) in [6.07, 6.45) is 2.09. The number of hydrogen-bond acceptors (Lipinski definition) is 4. The average Bonchev–Trinajstić information content (AvgIpc) is 3.11. The van der Waals surface area contributed by atoms with Crippen molar-refractivity contribution in [1.82, 2.24) is 4.90 Å². The first-order valence-electron chi connectivity index (χ1n) is 9.30. The molecule has 1 fully saturated rings.